The monoisotopic (exact) mass is 539 g/mol. The van der Waals surface area contributed by atoms with Crippen LogP contribution in [0.5, 0.6) is 0 Å². The predicted octanol–water partition coefficient (Wildman–Crippen LogP) is 3.59. The van der Waals surface area contributed by atoms with Crippen LogP contribution in [0.15, 0.2) is 36.4 Å². The average Bonchev–Trinajstić information content (AvgIpc) is 3.19. The van der Waals surface area contributed by atoms with E-state index in [4.69, 9.17) is 28.0 Å². The van der Waals surface area contributed by atoms with E-state index in [9.17, 15) is 14.4 Å². The van der Waals surface area contributed by atoms with E-state index in [1.165, 1.54) is 0 Å². The van der Waals surface area contributed by atoms with Crippen LogP contribution < -0.4 is 10.6 Å². The molecule has 202 valence electrons. The van der Waals surface area contributed by atoms with Gasteiger partial charge in [0, 0.05) is 79.1 Å². The Kier molecular flexibility index (Phi) is 3.27. The summed E-state index contributed by atoms with van der Waals surface area (Å²) >= 11 is 0. The molecule has 2 aromatic rings. The van der Waals surface area contributed by atoms with Crippen molar-refractivity contribution in [1.29, 1.82) is 0 Å². The van der Waals surface area contributed by atoms with Gasteiger partial charge >= 0.3 is 0 Å². The molecule has 2 fully saturated rings. The molecule has 3 heterocycles. The number of imide groups is 1. The Labute approximate surface area is 246 Å². The van der Waals surface area contributed by atoms with Crippen molar-refractivity contribution in [2.45, 2.75) is 77.1 Å². The minimum absolute atomic E-state index is 0.00227. The van der Waals surface area contributed by atoms with Crippen LogP contribution >= 0.6 is 0 Å². The number of amides is 3. The summed E-state index contributed by atoms with van der Waals surface area (Å²) in [6, 6.07) is 2.58. The van der Waals surface area contributed by atoms with Crippen molar-refractivity contribution in [1.82, 2.24) is 15.1 Å². The number of rotatable bonds is 6. The Balaban J connectivity index is 1.60. The number of nitrogens with one attached hydrogen (secondary N) is 2. The Hall–Kier alpha value is -3.30. The Morgan fingerprint density at radius 3 is 2.79 bits per heavy atom. The van der Waals surface area contributed by atoms with Gasteiger partial charge in [0.25, 0.3) is 5.91 Å². The first-order valence-electron chi connectivity index (χ1n) is 19.9. The quantitative estimate of drug-likeness (QED) is 0.546. The molecule has 9 heteroatoms. The lowest BCUT2D eigenvalue weighted by Crippen LogP contribution is -2.56. The van der Waals surface area contributed by atoms with E-state index >= 15 is 4.39 Å². The number of carbonyl (C=O) groups is 3. The van der Waals surface area contributed by atoms with Crippen LogP contribution in [0, 0.1) is 5.82 Å². The molecular weight excluding hydrogens is 487 g/mol. The number of carbonyl (C=O) groups excluding carboxylic acids is 3. The minimum Gasteiger partial charge on any atom is -0.381 e. The molecule has 3 aliphatic rings. The van der Waals surface area contributed by atoms with E-state index in [0.717, 1.165) is 45.0 Å². The van der Waals surface area contributed by atoms with E-state index in [2.05, 4.69) is 5.32 Å². The number of hydrogen-bond acceptors (Lipinski definition) is 6. The predicted molar refractivity (Wildman–Crippen MR) is 141 cm³/mol. The number of ether oxygens (including phenoxy) is 1. The van der Waals surface area contributed by atoms with Gasteiger partial charge in [-0.05, 0) is 63.8 Å². The molecule has 3 amide bonds. The van der Waals surface area contributed by atoms with Crippen molar-refractivity contribution in [2.24, 2.45) is 0 Å². The second-order valence-electron chi connectivity index (χ2n) is 9.27. The SMILES string of the molecule is [2H]C([2H])(Nc1cccc2c1C([2H])([2H])N(C1C(=O)NC(=O)C([2H])([2H])C1([2H])[2H])C2=O)c1cc(C([2H])([2H])N2C([2H])([2H])C(C)(C)OC(C)(C([2H])([2H])[2H])C2([2H])[2H])ccc1F. The lowest BCUT2D eigenvalue weighted by atomic mass is 9.98. The topological polar surface area (TPSA) is 91.0 Å². The summed E-state index contributed by atoms with van der Waals surface area (Å²) < 4.78 is 166. The van der Waals surface area contributed by atoms with Gasteiger partial charge in [-0.25, -0.2) is 4.39 Å². The number of piperidine rings is 1. The molecule has 2 N–H and O–H groups in total. The standard InChI is InChI=1S/C29H35FN4O4/c1-28(2)16-33(17-29(3,4)38-28)14-18-8-9-22(30)19(12-18)13-31-23-7-5-6-20-21(23)15-34(27(20)37)24-10-11-25(35)32-26(24)36/h5-9,12,24,31H,10-11,13-17H2,1-4H3,(H,32,35,36)/i1D3,10D2,11D2,13D2,14D2,15D2,16D2,17D2. The zero-order chi connectivity index (χ0) is 42.3. The van der Waals surface area contributed by atoms with Gasteiger partial charge < -0.3 is 15.0 Å². The van der Waals surface area contributed by atoms with E-state index in [-0.39, 0.29) is 9.80 Å². The number of benzene rings is 2. The van der Waals surface area contributed by atoms with Gasteiger partial charge in [-0.1, -0.05) is 12.1 Å². The largest absolute Gasteiger partial charge is 0.381 e. The van der Waals surface area contributed by atoms with Gasteiger partial charge in [0.1, 0.15) is 11.9 Å². The highest BCUT2D eigenvalue weighted by atomic mass is 19.1. The molecule has 2 saturated heterocycles. The molecule has 2 atom stereocenters. The molecule has 0 aliphatic carbocycles. The van der Waals surface area contributed by atoms with Crippen molar-refractivity contribution >= 4 is 23.4 Å². The van der Waals surface area contributed by atoms with Crippen LogP contribution in [0.25, 0.3) is 0 Å². The van der Waals surface area contributed by atoms with Crippen molar-refractivity contribution in [2.75, 3.05) is 18.3 Å². The van der Waals surface area contributed by atoms with Crippen LogP contribution in [0.3, 0.4) is 0 Å². The van der Waals surface area contributed by atoms with Crippen LogP contribution in [0.4, 0.5) is 10.1 Å². The highest BCUT2D eigenvalue weighted by molar-refractivity contribution is 6.06. The fourth-order valence-electron chi connectivity index (χ4n) is 4.11. The van der Waals surface area contributed by atoms with Gasteiger partial charge in [-0.3, -0.25) is 24.6 Å². The van der Waals surface area contributed by atoms with Crippen LogP contribution in [-0.4, -0.2) is 57.8 Å². The van der Waals surface area contributed by atoms with Crippen molar-refractivity contribution in [3.8, 4) is 0 Å². The number of nitrogens with zero attached hydrogens (tertiary/aromatic N) is 2. The van der Waals surface area contributed by atoms with E-state index in [0.29, 0.717) is 12.1 Å². The molecule has 0 saturated carbocycles. The summed E-state index contributed by atoms with van der Waals surface area (Å²) in [6.07, 6.45) is -6.91. The lowest BCUT2D eigenvalue weighted by Gasteiger charge is -2.47. The third-order valence-electron chi connectivity index (χ3n) is 5.52. The van der Waals surface area contributed by atoms with Crippen LogP contribution in [-0.2, 0) is 33.8 Å². The average molecular weight is 540 g/mol. The Morgan fingerprint density at radius 1 is 1.21 bits per heavy atom. The molecule has 8 nitrogen and oxygen atoms in total. The minimum atomic E-state index is -3.48. The molecule has 5 rings (SSSR count). The summed E-state index contributed by atoms with van der Waals surface area (Å²) in [5.74, 6) is -5.89. The number of morpholine rings is 1. The van der Waals surface area contributed by atoms with Crippen molar-refractivity contribution in [3.05, 3.63) is 64.5 Å². The molecule has 0 aromatic heterocycles. The first-order valence-corrected chi connectivity index (χ1v) is 11.4. The van der Waals surface area contributed by atoms with Crippen molar-refractivity contribution < 1.29 is 46.8 Å². The smallest absolute Gasteiger partial charge is 0.255 e. The van der Waals surface area contributed by atoms with Gasteiger partial charge in [-0.15, -0.1) is 0 Å². The molecule has 0 bridgehead atoms. The van der Waals surface area contributed by atoms with E-state index < -0.39 is 121 Å². The second-order valence-corrected chi connectivity index (χ2v) is 9.27. The lowest BCUT2D eigenvalue weighted by molar-refractivity contribution is -0.182. The molecular formula is C29H35FN4O4. The maximum Gasteiger partial charge on any atom is 0.255 e. The Morgan fingerprint density at radius 2 is 2.00 bits per heavy atom. The van der Waals surface area contributed by atoms with Gasteiger partial charge in [-0.2, -0.15) is 0 Å². The van der Waals surface area contributed by atoms with Crippen LogP contribution in [0.2, 0.25) is 0 Å². The van der Waals surface area contributed by atoms with Gasteiger partial charge in [0.15, 0.2) is 0 Å². The summed E-state index contributed by atoms with van der Waals surface area (Å²) in [4.78, 5) is 38.8. The maximum absolute atomic E-state index is 15.6. The fraction of sp³-hybridized carbons (Fsp3) is 0.483. The maximum atomic E-state index is 15.6. The third kappa shape index (κ3) is 5.44. The molecule has 2 aromatic carbocycles. The summed E-state index contributed by atoms with van der Waals surface area (Å²) in [5, 5.41) is 3.84. The first kappa shape index (κ1) is 12.7. The summed E-state index contributed by atoms with van der Waals surface area (Å²) in [5.41, 5.74) is -8.61. The van der Waals surface area contributed by atoms with Crippen LogP contribution in [0.1, 0.15) is 90.7 Å². The Bertz CT molecular complexity index is 1990. The summed E-state index contributed by atoms with van der Waals surface area (Å²) in [7, 11) is 0. The zero-order valence-corrected chi connectivity index (χ0v) is 20.4. The van der Waals surface area contributed by atoms with Gasteiger partial charge in [0.05, 0.1) is 16.7 Å². The van der Waals surface area contributed by atoms with Gasteiger partial charge in [0.2, 0.25) is 11.8 Å². The molecule has 2 unspecified atom stereocenters. The zero-order valence-electron chi connectivity index (χ0n) is 37.4. The first-order chi connectivity index (χ1) is 24.5. The molecule has 3 aliphatic heterocycles. The fourth-order valence-corrected chi connectivity index (χ4v) is 4.11. The molecule has 0 radical (unpaired) electrons. The number of fused-ring (bicyclic) bond motifs is 1. The highest BCUT2D eigenvalue weighted by Gasteiger charge is 2.40. The molecule has 38 heavy (non-hydrogen) atoms. The molecule has 0 spiro atoms. The summed E-state index contributed by atoms with van der Waals surface area (Å²) in [6.45, 7) is -16.7. The number of anilines is 1. The third-order valence-corrected chi connectivity index (χ3v) is 5.52. The number of hydrogen-bond donors (Lipinski definition) is 2. The van der Waals surface area contributed by atoms with Crippen molar-refractivity contribution in [3.63, 3.8) is 0 Å². The second kappa shape index (κ2) is 9.78. The normalized spacial score (nSPS) is 39.7. The van der Waals surface area contributed by atoms with E-state index in [1.54, 1.807) is 5.32 Å². The number of halogens is 1. The van der Waals surface area contributed by atoms with E-state index in [1.807, 2.05) is 0 Å². The highest BCUT2D eigenvalue weighted by Crippen LogP contribution is 2.33.